The summed E-state index contributed by atoms with van der Waals surface area (Å²) in [5.74, 6) is 1.24. The number of ether oxygens (including phenoxy) is 2. The second kappa shape index (κ2) is 8.74. The van der Waals surface area contributed by atoms with Gasteiger partial charge in [0, 0.05) is 28.6 Å². The molecule has 0 amide bonds. The van der Waals surface area contributed by atoms with E-state index in [-0.39, 0.29) is 5.56 Å². The minimum absolute atomic E-state index is 0.117. The van der Waals surface area contributed by atoms with Crippen molar-refractivity contribution < 1.29 is 9.47 Å². The topological polar surface area (TPSA) is 52.5 Å². The Bertz CT molecular complexity index is 1300. The first-order valence-electron chi connectivity index (χ1n) is 9.98. The Morgan fingerprint density at radius 1 is 0.968 bits per heavy atom. The predicted molar refractivity (Wildman–Crippen MR) is 127 cm³/mol. The second-order valence-corrected chi connectivity index (χ2v) is 7.45. The number of aromatic nitrogens is 1. The first kappa shape index (κ1) is 20.8. The number of hydrogen-bond acceptors (Lipinski definition) is 4. The van der Waals surface area contributed by atoms with Gasteiger partial charge in [0.25, 0.3) is 5.56 Å². The van der Waals surface area contributed by atoms with E-state index < -0.39 is 0 Å². The van der Waals surface area contributed by atoms with Gasteiger partial charge in [0.15, 0.2) is 0 Å². The van der Waals surface area contributed by atoms with Crippen LogP contribution >= 0.6 is 11.6 Å². The molecule has 1 aromatic heterocycles. The Morgan fingerprint density at radius 3 is 2.42 bits per heavy atom. The van der Waals surface area contributed by atoms with Crippen molar-refractivity contribution in [2.45, 2.75) is 13.5 Å². The predicted octanol–water partition coefficient (Wildman–Crippen LogP) is 6.10. The molecule has 0 unspecified atom stereocenters. The Labute approximate surface area is 185 Å². The molecule has 6 heteroatoms. The van der Waals surface area contributed by atoms with Crippen molar-refractivity contribution in [2.75, 3.05) is 19.5 Å². The minimum atomic E-state index is -0.117. The summed E-state index contributed by atoms with van der Waals surface area (Å²) in [7, 11) is 3.19. The van der Waals surface area contributed by atoms with E-state index >= 15 is 0 Å². The van der Waals surface area contributed by atoms with Crippen molar-refractivity contribution in [3.8, 4) is 22.6 Å². The van der Waals surface area contributed by atoms with Crippen LogP contribution in [0.25, 0.3) is 22.0 Å². The normalized spacial score (nSPS) is 10.8. The fourth-order valence-electron chi connectivity index (χ4n) is 3.80. The van der Waals surface area contributed by atoms with E-state index in [2.05, 4.69) is 5.32 Å². The molecule has 31 heavy (non-hydrogen) atoms. The van der Waals surface area contributed by atoms with Gasteiger partial charge in [-0.3, -0.25) is 4.79 Å². The molecule has 4 rings (SSSR count). The number of rotatable bonds is 6. The lowest BCUT2D eigenvalue weighted by molar-refractivity contribution is 0.395. The van der Waals surface area contributed by atoms with Gasteiger partial charge in [-0.25, -0.2) is 0 Å². The Balaban J connectivity index is 2.05. The number of halogens is 1. The lowest BCUT2D eigenvalue weighted by Gasteiger charge is -2.20. The van der Waals surface area contributed by atoms with Crippen molar-refractivity contribution in [3.63, 3.8) is 0 Å². The standard InChI is InChI=1S/C25H23ClN2O3/c1-4-28-21-13-10-17(26)14-19(21)23(16-8-6-5-7-9-16)24(25(28)29)27-20-12-11-18(30-2)15-22(20)31-3/h5-15,27H,4H2,1-3H3. The number of nitrogens with zero attached hydrogens (tertiary/aromatic N) is 1. The first-order chi connectivity index (χ1) is 15.1. The van der Waals surface area contributed by atoms with Crippen molar-refractivity contribution in [3.05, 3.63) is 82.1 Å². The number of methoxy groups -OCH3 is 2. The van der Waals surface area contributed by atoms with Crippen LogP contribution in [-0.4, -0.2) is 18.8 Å². The third-order valence-corrected chi connectivity index (χ3v) is 5.51. The maximum atomic E-state index is 13.6. The van der Waals surface area contributed by atoms with Crippen LogP contribution < -0.4 is 20.3 Å². The molecule has 0 fully saturated rings. The van der Waals surface area contributed by atoms with E-state index in [1.807, 2.05) is 67.6 Å². The molecule has 0 saturated carbocycles. The van der Waals surface area contributed by atoms with Crippen LogP contribution in [0.2, 0.25) is 5.02 Å². The highest BCUT2D eigenvalue weighted by Gasteiger charge is 2.19. The van der Waals surface area contributed by atoms with E-state index in [1.165, 1.54) is 0 Å². The molecule has 5 nitrogen and oxygen atoms in total. The number of aryl methyl sites for hydroxylation is 1. The lowest BCUT2D eigenvalue weighted by Crippen LogP contribution is -2.23. The highest BCUT2D eigenvalue weighted by Crippen LogP contribution is 2.38. The zero-order valence-corrected chi connectivity index (χ0v) is 18.4. The van der Waals surface area contributed by atoms with E-state index in [0.717, 1.165) is 22.0 Å². The fraction of sp³-hybridized carbons (Fsp3) is 0.160. The summed E-state index contributed by atoms with van der Waals surface area (Å²) in [6.45, 7) is 2.48. The van der Waals surface area contributed by atoms with Gasteiger partial charge >= 0.3 is 0 Å². The van der Waals surface area contributed by atoms with Crippen LogP contribution in [-0.2, 0) is 6.54 Å². The smallest absolute Gasteiger partial charge is 0.275 e. The largest absolute Gasteiger partial charge is 0.497 e. The van der Waals surface area contributed by atoms with Crippen LogP contribution in [0, 0.1) is 0 Å². The minimum Gasteiger partial charge on any atom is -0.497 e. The summed E-state index contributed by atoms with van der Waals surface area (Å²) in [6.07, 6.45) is 0. The summed E-state index contributed by atoms with van der Waals surface area (Å²) in [4.78, 5) is 13.6. The number of benzene rings is 3. The molecule has 0 aliphatic carbocycles. The van der Waals surface area contributed by atoms with Crippen LogP contribution in [0.4, 0.5) is 11.4 Å². The molecule has 0 aliphatic rings. The average Bonchev–Trinajstić information content (AvgIpc) is 2.80. The molecule has 0 atom stereocenters. The zero-order chi connectivity index (χ0) is 22.0. The highest BCUT2D eigenvalue weighted by atomic mass is 35.5. The van der Waals surface area contributed by atoms with Crippen molar-refractivity contribution in [1.82, 2.24) is 4.57 Å². The average molecular weight is 435 g/mol. The summed E-state index contributed by atoms with van der Waals surface area (Å²) in [6, 6.07) is 20.9. The molecule has 0 radical (unpaired) electrons. The lowest BCUT2D eigenvalue weighted by atomic mass is 9.98. The van der Waals surface area contributed by atoms with E-state index in [1.54, 1.807) is 24.9 Å². The van der Waals surface area contributed by atoms with Gasteiger partial charge in [-0.05, 0) is 42.8 Å². The summed E-state index contributed by atoms with van der Waals surface area (Å²) in [5, 5.41) is 4.85. The quantitative estimate of drug-likeness (QED) is 0.398. The Morgan fingerprint density at radius 2 is 1.74 bits per heavy atom. The molecule has 4 aromatic rings. The maximum Gasteiger partial charge on any atom is 0.275 e. The van der Waals surface area contributed by atoms with Crippen molar-refractivity contribution in [1.29, 1.82) is 0 Å². The molecule has 0 spiro atoms. The molecule has 0 bridgehead atoms. The van der Waals surface area contributed by atoms with E-state index in [4.69, 9.17) is 21.1 Å². The van der Waals surface area contributed by atoms with Crippen molar-refractivity contribution >= 4 is 33.9 Å². The van der Waals surface area contributed by atoms with Crippen LogP contribution in [0.5, 0.6) is 11.5 Å². The van der Waals surface area contributed by atoms with Gasteiger partial charge in [0.1, 0.15) is 17.2 Å². The third kappa shape index (κ3) is 3.84. The van der Waals surface area contributed by atoms with E-state index in [0.29, 0.717) is 34.4 Å². The molecular weight excluding hydrogens is 412 g/mol. The maximum absolute atomic E-state index is 13.6. The van der Waals surface area contributed by atoms with Gasteiger partial charge < -0.3 is 19.4 Å². The van der Waals surface area contributed by atoms with Gasteiger partial charge in [0.2, 0.25) is 0 Å². The number of anilines is 2. The molecule has 0 saturated heterocycles. The molecule has 158 valence electrons. The first-order valence-corrected chi connectivity index (χ1v) is 10.4. The second-order valence-electron chi connectivity index (χ2n) is 7.02. The molecule has 1 heterocycles. The Kier molecular flexibility index (Phi) is 5.87. The molecule has 1 N–H and O–H groups in total. The van der Waals surface area contributed by atoms with Gasteiger partial charge in [-0.2, -0.15) is 0 Å². The number of nitrogens with one attached hydrogen (secondary N) is 1. The summed E-state index contributed by atoms with van der Waals surface area (Å²) >= 11 is 6.37. The third-order valence-electron chi connectivity index (χ3n) is 5.27. The number of fused-ring (bicyclic) bond motifs is 1. The van der Waals surface area contributed by atoms with Crippen molar-refractivity contribution in [2.24, 2.45) is 0 Å². The molecule has 3 aromatic carbocycles. The van der Waals surface area contributed by atoms with Crippen LogP contribution in [0.3, 0.4) is 0 Å². The zero-order valence-electron chi connectivity index (χ0n) is 17.6. The van der Waals surface area contributed by atoms with Gasteiger partial charge in [0.05, 0.1) is 25.4 Å². The van der Waals surface area contributed by atoms with E-state index in [9.17, 15) is 4.79 Å². The van der Waals surface area contributed by atoms with Crippen LogP contribution in [0.15, 0.2) is 71.5 Å². The fourth-order valence-corrected chi connectivity index (χ4v) is 3.97. The van der Waals surface area contributed by atoms with Crippen LogP contribution in [0.1, 0.15) is 6.92 Å². The number of hydrogen-bond donors (Lipinski definition) is 1. The molecule has 0 aliphatic heterocycles. The van der Waals surface area contributed by atoms with Gasteiger partial charge in [-0.15, -0.1) is 0 Å². The SMILES string of the molecule is CCn1c(=O)c(Nc2ccc(OC)cc2OC)c(-c2ccccc2)c2cc(Cl)ccc21. The molecular formula is C25H23ClN2O3. The Hall–Kier alpha value is -3.44. The highest BCUT2D eigenvalue weighted by molar-refractivity contribution is 6.31. The van der Waals surface area contributed by atoms with Gasteiger partial charge in [-0.1, -0.05) is 41.9 Å². The monoisotopic (exact) mass is 434 g/mol. The summed E-state index contributed by atoms with van der Waals surface area (Å²) in [5.41, 5.74) is 3.57. The number of pyridine rings is 1. The summed E-state index contributed by atoms with van der Waals surface area (Å²) < 4.78 is 12.6.